The SMILES string of the molecule is Cn1cc(CNCC(C)(C)c2cccs2)cn1. The molecule has 2 rings (SSSR count). The van der Waals surface area contributed by atoms with E-state index in [0.717, 1.165) is 13.1 Å². The van der Waals surface area contributed by atoms with Crippen molar-refractivity contribution in [3.63, 3.8) is 0 Å². The molecule has 2 aromatic heterocycles. The minimum atomic E-state index is 0.191. The van der Waals surface area contributed by atoms with E-state index in [0.29, 0.717) is 0 Å². The van der Waals surface area contributed by atoms with Crippen molar-refractivity contribution in [1.29, 1.82) is 0 Å². The van der Waals surface area contributed by atoms with Crippen LogP contribution in [-0.4, -0.2) is 16.3 Å². The largest absolute Gasteiger partial charge is 0.312 e. The third-order valence-electron chi connectivity index (χ3n) is 2.84. The monoisotopic (exact) mass is 249 g/mol. The Morgan fingerprint density at radius 3 is 2.88 bits per heavy atom. The predicted molar refractivity (Wildman–Crippen MR) is 72.3 cm³/mol. The lowest BCUT2D eigenvalue weighted by Gasteiger charge is -2.23. The number of hydrogen-bond acceptors (Lipinski definition) is 3. The summed E-state index contributed by atoms with van der Waals surface area (Å²) >= 11 is 1.82. The zero-order chi connectivity index (χ0) is 12.3. The first-order valence-corrected chi connectivity index (χ1v) is 6.68. The molecule has 4 heteroatoms. The smallest absolute Gasteiger partial charge is 0.0534 e. The van der Waals surface area contributed by atoms with E-state index in [4.69, 9.17) is 0 Å². The van der Waals surface area contributed by atoms with Gasteiger partial charge in [0.15, 0.2) is 0 Å². The summed E-state index contributed by atoms with van der Waals surface area (Å²) in [5.41, 5.74) is 1.42. The minimum Gasteiger partial charge on any atom is -0.312 e. The van der Waals surface area contributed by atoms with Crippen LogP contribution in [0.4, 0.5) is 0 Å². The molecular formula is C13H19N3S. The molecule has 0 aliphatic heterocycles. The molecule has 0 aromatic carbocycles. The van der Waals surface area contributed by atoms with Crippen LogP contribution in [0.3, 0.4) is 0 Å². The number of aromatic nitrogens is 2. The van der Waals surface area contributed by atoms with Crippen LogP contribution in [0.2, 0.25) is 0 Å². The van der Waals surface area contributed by atoms with Crippen molar-refractivity contribution in [2.75, 3.05) is 6.54 Å². The molecule has 3 nitrogen and oxygen atoms in total. The number of aryl methyl sites for hydroxylation is 1. The van der Waals surface area contributed by atoms with E-state index in [1.165, 1.54) is 10.4 Å². The maximum atomic E-state index is 4.16. The van der Waals surface area contributed by atoms with E-state index in [1.807, 2.05) is 35.5 Å². The maximum Gasteiger partial charge on any atom is 0.0534 e. The lowest BCUT2D eigenvalue weighted by Crippen LogP contribution is -2.31. The third-order valence-corrected chi connectivity index (χ3v) is 4.08. The standard InChI is InChI=1S/C13H19N3S/c1-13(2,12-5-4-6-17-12)10-14-7-11-8-15-16(3)9-11/h4-6,8-9,14H,7,10H2,1-3H3. The zero-order valence-corrected chi connectivity index (χ0v) is 11.4. The molecule has 2 heterocycles. The normalized spacial score (nSPS) is 11.9. The van der Waals surface area contributed by atoms with Crippen molar-refractivity contribution in [2.24, 2.45) is 7.05 Å². The second-order valence-electron chi connectivity index (χ2n) is 4.99. The Balaban J connectivity index is 1.86. The van der Waals surface area contributed by atoms with E-state index in [1.54, 1.807) is 0 Å². The van der Waals surface area contributed by atoms with E-state index < -0.39 is 0 Å². The van der Waals surface area contributed by atoms with Gasteiger partial charge in [-0.3, -0.25) is 4.68 Å². The fourth-order valence-corrected chi connectivity index (χ4v) is 2.69. The predicted octanol–water partition coefficient (Wildman–Crippen LogP) is 2.55. The molecule has 1 N–H and O–H groups in total. The van der Waals surface area contributed by atoms with Gasteiger partial charge in [0.1, 0.15) is 0 Å². The first-order valence-electron chi connectivity index (χ1n) is 5.80. The second kappa shape index (κ2) is 5.02. The Labute approximate surface area is 106 Å². The molecule has 0 radical (unpaired) electrons. The summed E-state index contributed by atoms with van der Waals surface area (Å²) in [5.74, 6) is 0. The topological polar surface area (TPSA) is 29.9 Å². The quantitative estimate of drug-likeness (QED) is 0.882. The Bertz CT molecular complexity index is 457. The van der Waals surface area contributed by atoms with Crippen molar-refractivity contribution < 1.29 is 0 Å². The van der Waals surface area contributed by atoms with E-state index >= 15 is 0 Å². The van der Waals surface area contributed by atoms with Crippen LogP contribution < -0.4 is 5.32 Å². The summed E-state index contributed by atoms with van der Waals surface area (Å²) in [5, 5.41) is 9.79. The molecule has 0 saturated carbocycles. The van der Waals surface area contributed by atoms with Crippen LogP contribution >= 0.6 is 11.3 Å². The Morgan fingerprint density at radius 2 is 2.29 bits per heavy atom. The zero-order valence-electron chi connectivity index (χ0n) is 10.6. The maximum absolute atomic E-state index is 4.16. The summed E-state index contributed by atoms with van der Waals surface area (Å²) in [6.07, 6.45) is 3.95. The lowest BCUT2D eigenvalue weighted by atomic mass is 9.91. The molecule has 0 fully saturated rings. The molecular weight excluding hydrogens is 230 g/mol. The summed E-state index contributed by atoms with van der Waals surface area (Å²) in [6, 6.07) is 4.32. The highest BCUT2D eigenvalue weighted by molar-refractivity contribution is 7.10. The van der Waals surface area contributed by atoms with Crippen LogP contribution in [0.5, 0.6) is 0 Å². The van der Waals surface area contributed by atoms with Crippen molar-refractivity contribution in [3.8, 4) is 0 Å². The summed E-state index contributed by atoms with van der Waals surface area (Å²) in [4.78, 5) is 1.43. The second-order valence-corrected chi connectivity index (χ2v) is 5.93. The van der Waals surface area contributed by atoms with Crippen LogP contribution in [0.15, 0.2) is 29.9 Å². The fraction of sp³-hybridized carbons (Fsp3) is 0.462. The summed E-state index contributed by atoms with van der Waals surface area (Å²) in [6.45, 7) is 6.40. The van der Waals surface area contributed by atoms with Gasteiger partial charge in [0.05, 0.1) is 6.20 Å². The molecule has 17 heavy (non-hydrogen) atoms. The number of thiophene rings is 1. The van der Waals surface area contributed by atoms with Crippen LogP contribution in [0, 0.1) is 0 Å². The molecule has 0 amide bonds. The Kier molecular flexibility index (Phi) is 3.64. The first-order chi connectivity index (χ1) is 8.08. The van der Waals surface area contributed by atoms with Gasteiger partial charge < -0.3 is 5.32 Å². The molecule has 0 unspecified atom stereocenters. The van der Waals surface area contributed by atoms with Crippen LogP contribution in [0.25, 0.3) is 0 Å². The van der Waals surface area contributed by atoms with E-state index in [9.17, 15) is 0 Å². The minimum absolute atomic E-state index is 0.191. The Hall–Kier alpha value is -1.13. The Morgan fingerprint density at radius 1 is 1.47 bits per heavy atom. The van der Waals surface area contributed by atoms with E-state index in [2.05, 4.69) is 41.8 Å². The van der Waals surface area contributed by atoms with Crippen LogP contribution in [0.1, 0.15) is 24.3 Å². The van der Waals surface area contributed by atoms with Gasteiger partial charge in [-0.25, -0.2) is 0 Å². The first kappa shape index (κ1) is 12.3. The van der Waals surface area contributed by atoms with Crippen molar-refractivity contribution in [1.82, 2.24) is 15.1 Å². The molecule has 0 aliphatic rings. The van der Waals surface area contributed by atoms with Crippen molar-refractivity contribution in [3.05, 3.63) is 40.3 Å². The van der Waals surface area contributed by atoms with Gasteiger partial charge in [-0.1, -0.05) is 19.9 Å². The lowest BCUT2D eigenvalue weighted by molar-refractivity contribution is 0.477. The molecule has 0 spiro atoms. The van der Waals surface area contributed by atoms with Gasteiger partial charge in [0.2, 0.25) is 0 Å². The van der Waals surface area contributed by atoms with Crippen LogP contribution in [-0.2, 0) is 19.0 Å². The molecule has 0 atom stereocenters. The average Bonchev–Trinajstić information content (AvgIpc) is 2.89. The van der Waals surface area contributed by atoms with Gasteiger partial charge >= 0.3 is 0 Å². The number of nitrogens with zero attached hydrogens (tertiary/aromatic N) is 2. The number of rotatable bonds is 5. The number of hydrogen-bond donors (Lipinski definition) is 1. The average molecular weight is 249 g/mol. The van der Waals surface area contributed by atoms with Crippen molar-refractivity contribution in [2.45, 2.75) is 25.8 Å². The molecule has 0 bridgehead atoms. The highest BCUT2D eigenvalue weighted by Crippen LogP contribution is 2.26. The van der Waals surface area contributed by atoms with Gasteiger partial charge in [-0.15, -0.1) is 11.3 Å². The van der Waals surface area contributed by atoms with Gasteiger partial charge in [-0.05, 0) is 11.4 Å². The fourth-order valence-electron chi connectivity index (χ4n) is 1.83. The van der Waals surface area contributed by atoms with Crippen molar-refractivity contribution >= 4 is 11.3 Å². The van der Waals surface area contributed by atoms with E-state index in [-0.39, 0.29) is 5.41 Å². The molecule has 2 aromatic rings. The van der Waals surface area contributed by atoms with Gasteiger partial charge in [0.25, 0.3) is 0 Å². The number of nitrogens with one attached hydrogen (secondary N) is 1. The van der Waals surface area contributed by atoms with Gasteiger partial charge in [0, 0.05) is 42.2 Å². The molecule has 92 valence electrons. The molecule has 0 saturated heterocycles. The third kappa shape index (κ3) is 3.17. The summed E-state index contributed by atoms with van der Waals surface area (Å²) in [7, 11) is 1.94. The molecule has 0 aliphatic carbocycles. The highest BCUT2D eigenvalue weighted by atomic mass is 32.1. The van der Waals surface area contributed by atoms with Gasteiger partial charge in [-0.2, -0.15) is 5.10 Å². The summed E-state index contributed by atoms with van der Waals surface area (Å²) < 4.78 is 1.83. The highest BCUT2D eigenvalue weighted by Gasteiger charge is 2.20.